The number of rotatable bonds is 3. The molecule has 0 N–H and O–H groups in total. The lowest BCUT2D eigenvalue weighted by molar-refractivity contribution is 0.0658. The van der Waals surface area contributed by atoms with E-state index in [9.17, 15) is 4.79 Å². The van der Waals surface area contributed by atoms with E-state index in [-0.39, 0.29) is 5.91 Å². The number of carbonyl (C=O) groups is 1. The second-order valence-electron chi connectivity index (χ2n) is 6.34. The van der Waals surface area contributed by atoms with Crippen LogP contribution in [0.5, 0.6) is 0 Å². The van der Waals surface area contributed by atoms with E-state index in [0.717, 1.165) is 37.9 Å². The van der Waals surface area contributed by atoms with Crippen molar-refractivity contribution in [1.29, 1.82) is 0 Å². The quantitative estimate of drug-likeness (QED) is 0.742. The van der Waals surface area contributed by atoms with E-state index >= 15 is 0 Å². The third-order valence-electron chi connectivity index (χ3n) is 4.74. The van der Waals surface area contributed by atoms with Gasteiger partial charge in [0.2, 0.25) is 5.76 Å². The van der Waals surface area contributed by atoms with Gasteiger partial charge in [-0.1, -0.05) is 12.1 Å². The summed E-state index contributed by atoms with van der Waals surface area (Å²) in [4.78, 5) is 22.3. The van der Waals surface area contributed by atoms with Crippen molar-refractivity contribution in [3.63, 3.8) is 0 Å². The predicted molar refractivity (Wildman–Crippen MR) is 90.6 cm³/mol. The average Bonchev–Trinajstić information content (AvgIpc) is 3.16. The topological polar surface area (TPSA) is 59.2 Å². The zero-order valence-corrected chi connectivity index (χ0v) is 13.4. The molecule has 1 aromatic carbocycles. The minimum atomic E-state index is -0.0530. The van der Waals surface area contributed by atoms with Gasteiger partial charge in [0, 0.05) is 24.7 Å². The maximum Gasteiger partial charge on any atom is 0.291 e. The third kappa shape index (κ3) is 3.02. The molecule has 0 saturated carbocycles. The van der Waals surface area contributed by atoms with Crippen molar-refractivity contribution in [2.75, 3.05) is 13.1 Å². The molecule has 24 heavy (non-hydrogen) atoms. The number of oxazole rings is 1. The Labute approximate surface area is 140 Å². The molecule has 3 heterocycles. The molecule has 5 nitrogen and oxygen atoms in total. The first kappa shape index (κ1) is 14.9. The number of benzene rings is 1. The molecule has 122 valence electrons. The van der Waals surface area contributed by atoms with Gasteiger partial charge in [0.1, 0.15) is 0 Å². The zero-order chi connectivity index (χ0) is 16.4. The van der Waals surface area contributed by atoms with Gasteiger partial charge in [0.15, 0.2) is 6.39 Å². The van der Waals surface area contributed by atoms with Crippen LogP contribution < -0.4 is 0 Å². The standard InChI is InChI=1S/C19H19N3O2/c23-19(18-12-20-13-24-18)22-8-5-14(6-9-22)10-15-3-4-17-16(11-15)2-1-7-21-17/h1-4,7,11-14H,5-6,8-10H2. The molecule has 1 saturated heterocycles. The fourth-order valence-corrected chi connectivity index (χ4v) is 3.40. The minimum absolute atomic E-state index is 0.0530. The van der Waals surface area contributed by atoms with E-state index in [2.05, 4.69) is 34.2 Å². The maximum atomic E-state index is 12.3. The molecule has 0 aliphatic carbocycles. The van der Waals surface area contributed by atoms with Crippen LogP contribution in [0, 0.1) is 5.92 Å². The summed E-state index contributed by atoms with van der Waals surface area (Å²) in [5.74, 6) is 0.885. The monoisotopic (exact) mass is 321 g/mol. The van der Waals surface area contributed by atoms with E-state index in [4.69, 9.17) is 4.42 Å². The highest BCUT2D eigenvalue weighted by Gasteiger charge is 2.25. The van der Waals surface area contributed by atoms with Crippen LogP contribution in [0.4, 0.5) is 0 Å². The number of carbonyl (C=O) groups excluding carboxylic acids is 1. The van der Waals surface area contributed by atoms with E-state index in [1.165, 1.54) is 23.5 Å². The maximum absolute atomic E-state index is 12.3. The summed E-state index contributed by atoms with van der Waals surface area (Å²) in [6.07, 6.45) is 7.69. The molecule has 1 amide bonds. The Bertz CT molecular complexity index is 837. The summed E-state index contributed by atoms with van der Waals surface area (Å²) >= 11 is 0. The third-order valence-corrected chi connectivity index (χ3v) is 4.74. The van der Waals surface area contributed by atoms with E-state index in [0.29, 0.717) is 11.7 Å². The molecule has 3 aromatic rings. The molecule has 1 aliphatic rings. The molecule has 0 atom stereocenters. The molecule has 1 fully saturated rings. The Morgan fingerprint density at radius 2 is 2.12 bits per heavy atom. The Morgan fingerprint density at radius 1 is 1.25 bits per heavy atom. The first-order chi connectivity index (χ1) is 11.8. The zero-order valence-electron chi connectivity index (χ0n) is 13.4. The van der Waals surface area contributed by atoms with Gasteiger partial charge in [-0.3, -0.25) is 9.78 Å². The summed E-state index contributed by atoms with van der Waals surface area (Å²) in [6, 6.07) is 10.6. The van der Waals surface area contributed by atoms with Gasteiger partial charge in [0.05, 0.1) is 11.7 Å². The summed E-state index contributed by atoms with van der Waals surface area (Å²) in [5.41, 5.74) is 2.38. The van der Waals surface area contributed by atoms with Gasteiger partial charge in [-0.2, -0.15) is 0 Å². The summed E-state index contributed by atoms with van der Waals surface area (Å²) in [5, 5.41) is 1.19. The van der Waals surface area contributed by atoms with Gasteiger partial charge in [-0.05, 0) is 48.9 Å². The molecule has 1 aliphatic heterocycles. The van der Waals surface area contributed by atoms with Crippen molar-refractivity contribution in [3.05, 3.63) is 60.4 Å². The molecule has 0 bridgehead atoms. The second-order valence-corrected chi connectivity index (χ2v) is 6.34. The SMILES string of the molecule is O=C(c1cnco1)N1CCC(Cc2ccc3ncccc3c2)CC1. The van der Waals surface area contributed by atoms with Crippen LogP contribution >= 0.6 is 0 Å². The lowest BCUT2D eigenvalue weighted by Crippen LogP contribution is -2.38. The van der Waals surface area contributed by atoms with Crippen LogP contribution in [0.25, 0.3) is 10.9 Å². The molecule has 2 aromatic heterocycles. The molecular formula is C19H19N3O2. The van der Waals surface area contributed by atoms with Crippen LogP contribution in [-0.4, -0.2) is 33.9 Å². The highest BCUT2D eigenvalue weighted by Crippen LogP contribution is 2.24. The van der Waals surface area contributed by atoms with Crippen LogP contribution in [-0.2, 0) is 6.42 Å². The minimum Gasteiger partial charge on any atom is -0.438 e. The predicted octanol–water partition coefficient (Wildman–Crippen LogP) is 3.32. The highest BCUT2D eigenvalue weighted by atomic mass is 16.3. The fourth-order valence-electron chi connectivity index (χ4n) is 3.40. The Hall–Kier alpha value is -2.69. The van der Waals surface area contributed by atoms with E-state index in [1.807, 2.05) is 17.2 Å². The summed E-state index contributed by atoms with van der Waals surface area (Å²) in [7, 11) is 0. The smallest absolute Gasteiger partial charge is 0.291 e. The molecular weight excluding hydrogens is 302 g/mol. The lowest BCUT2D eigenvalue weighted by atomic mass is 9.89. The van der Waals surface area contributed by atoms with Crippen molar-refractivity contribution in [1.82, 2.24) is 14.9 Å². The molecule has 0 spiro atoms. The number of amides is 1. The molecule has 0 radical (unpaired) electrons. The normalized spacial score (nSPS) is 15.8. The van der Waals surface area contributed by atoms with Crippen LogP contribution in [0.15, 0.2) is 53.5 Å². The van der Waals surface area contributed by atoms with Crippen molar-refractivity contribution < 1.29 is 9.21 Å². The van der Waals surface area contributed by atoms with Crippen LogP contribution in [0.2, 0.25) is 0 Å². The van der Waals surface area contributed by atoms with Crippen LogP contribution in [0.1, 0.15) is 29.0 Å². The largest absolute Gasteiger partial charge is 0.438 e. The summed E-state index contributed by atoms with van der Waals surface area (Å²) in [6.45, 7) is 1.55. The van der Waals surface area contributed by atoms with E-state index < -0.39 is 0 Å². The Morgan fingerprint density at radius 3 is 2.92 bits per heavy atom. The number of aromatic nitrogens is 2. The second kappa shape index (κ2) is 6.43. The average molecular weight is 321 g/mol. The van der Waals surface area contributed by atoms with Crippen molar-refractivity contribution in [3.8, 4) is 0 Å². The highest BCUT2D eigenvalue weighted by molar-refractivity contribution is 5.91. The summed E-state index contributed by atoms with van der Waals surface area (Å²) < 4.78 is 5.10. The van der Waals surface area contributed by atoms with Crippen molar-refractivity contribution in [2.45, 2.75) is 19.3 Å². The first-order valence-electron chi connectivity index (χ1n) is 8.31. The van der Waals surface area contributed by atoms with Gasteiger partial charge < -0.3 is 9.32 Å². The number of nitrogens with zero attached hydrogens (tertiary/aromatic N) is 3. The fraction of sp³-hybridized carbons (Fsp3) is 0.316. The van der Waals surface area contributed by atoms with Gasteiger partial charge in [-0.25, -0.2) is 4.98 Å². The number of piperidine rings is 1. The number of hydrogen-bond acceptors (Lipinski definition) is 4. The first-order valence-corrected chi connectivity index (χ1v) is 8.31. The van der Waals surface area contributed by atoms with Crippen molar-refractivity contribution >= 4 is 16.8 Å². The number of fused-ring (bicyclic) bond motifs is 1. The molecule has 4 rings (SSSR count). The number of hydrogen-bond donors (Lipinski definition) is 0. The number of pyridine rings is 1. The van der Waals surface area contributed by atoms with Gasteiger partial charge >= 0.3 is 0 Å². The Kier molecular flexibility index (Phi) is 3.99. The Balaban J connectivity index is 1.38. The lowest BCUT2D eigenvalue weighted by Gasteiger charge is -2.31. The number of likely N-dealkylation sites (tertiary alicyclic amines) is 1. The van der Waals surface area contributed by atoms with Gasteiger partial charge in [-0.15, -0.1) is 0 Å². The van der Waals surface area contributed by atoms with E-state index in [1.54, 1.807) is 0 Å². The van der Waals surface area contributed by atoms with Gasteiger partial charge in [0.25, 0.3) is 5.91 Å². The molecule has 5 heteroatoms. The molecule has 0 unspecified atom stereocenters. The van der Waals surface area contributed by atoms with Crippen molar-refractivity contribution in [2.24, 2.45) is 5.92 Å². The van der Waals surface area contributed by atoms with Crippen LogP contribution in [0.3, 0.4) is 0 Å².